The molecule has 0 bridgehead atoms. The summed E-state index contributed by atoms with van der Waals surface area (Å²) in [5.41, 5.74) is 0.908. The number of aliphatic hydroxyl groups excluding tert-OH is 2. The summed E-state index contributed by atoms with van der Waals surface area (Å²) in [5.74, 6) is -0.224. The highest BCUT2D eigenvalue weighted by atomic mass is 79.9. The fourth-order valence-electron chi connectivity index (χ4n) is 1.46. The predicted molar refractivity (Wildman–Crippen MR) is 73.9 cm³/mol. The predicted octanol–water partition coefficient (Wildman–Crippen LogP) is 1.28. The van der Waals surface area contributed by atoms with Crippen LogP contribution in [0.4, 0.5) is 0 Å². The molecule has 2 N–H and O–H groups in total. The molecule has 0 heterocycles. The highest BCUT2D eigenvalue weighted by molar-refractivity contribution is 9.10. The number of amides is 1. The topological polar surface area (TPSA) is 60.8 Å². The lowest BCUT2D eigenvalue weighted by Crippen LogP contribution is -2.34. The summed E-state index contributed by atoms with van der Waals surface area (Å²) >= 11 is 3.35. The summed E-state index contributed by atoms with van der Waals surface area (Å²) in [6.07, 6.45) is 3.14. The van der Waals surface area contributed by atoms with Gasteiger partial charge in [0.15, 0.2) is 0 Å². The molecule has 0 radical (unpaired) electrons. The first kappa shape index (κ1) is 14.9. The number of carbonyl (C=O) groups excluding carboxylic acids is 1. The second-order valence-electron chi connectivity index (χ2n) is 3.66. The van der Waals surface area contributed by atoms with Crippen molar-refractivity contribution in [2.45, 2.75) is 0 Å². The second-order valence-corrected chi connectivity index (χ2v) is 4.58. The van der Waals surface area contributed by atoms with Gasteiger partial charge in [0.2, 0.25) is 5.91 Å². The molecular weight excluding hydrogens is 298 g/mol. The van der Waals surface area contributed by atoms with Crippen LogP contribution < -0.4 is 0 Å². The number of aliphatic hydroxyl groups is 2. The number of hydrogen-bond donors (Lipinski definition) is 2. The number of carbonyl (C=O) groups is 1. The molecule has 4 nitrogen and oxygen atoms in total. The Morgan fingerprint density at radius 1 is 1.28 bits per heavy atom. The minimum absolute atomic E-state index is 0.115. The largest absolute Gasteiger partial charge is 0.395 e. The molecule has 1 aromatic rings. The second kappa shape index (κ2) is 8.02. The van der Waals surface area contributed by atoms with Gasteiger partial charge in [-0.2, -0.15) is 0 Å². The van der Waals surface area contributed by atoms with E-state index < -0.39 is 0 Å². The van der Waals surface area contributed by atoms with Gasteiger partial charge in [-0.05, 0) is 23.8 Å². The van der Waals surface area contributed by atoms with E-state index in [0.29, 0.717) is 0 Å². The Hall–Kier alpha value is -1.17. The van der Waals surface area contributed by atoms with E-state index in [4.69, 9.17) is 10.2 Å². The van der Waals surface area contributed by atoms with Crippen LogP contribution in [0.25, 0.3) is 6.08 Å². The molecule has 0 fully saturated rings. The van der Waals surface area contributed by atoms with Crippen LogP contribution in [0.1, 0.15) is 5.56 Å². The van der Waals surface area contributed by atoms with Gasteiger partial charge in [-0.3, -0.25) is 4.79 Å². The average molecular weight is 314 g/mol. The standard InChI is InChI=1S/C13H16BrNO3/c14-12-3-1-2-11(10-12)4-5-13(18)15(6-8-16)7-9-17/h1-5,10,16-17H,6-9H2. The summed E-state index contributed by atoms with van der Waals surface area (Å²) < 4.78 is 0.944. The van der Waals surface area contributed by atoms with Gasteiger partial charge in [-0.1, -0.05) is 28.1 Å². The normalized spacial score (nSPS) is 10.8. The van der Waals surface area contributed by atoms with E-state index in [0.717, 1.165) is 10.0 Å². The smallest absolute Gasteiger partial charge is 0.246 e. The summed E-state index contributed by atoms with van der Waals surface area (Å²) in [6.45, 7) is 0.220. The van der Waals surface area contributed by atoms with Crippen LogP contribution in [0, 0.1) is 0 Å². The molecule has 0 aliphatic rings. The van der Waals surface area contributed by atoms with E-state index >= 15 is 0 Å². The summed E-state index contributed by atoms with van der Waals surface area (Å²) in [7, 11) is 0. The van der Waals surface area contributed by atoms with Crippen molar-refractivity contribution in [3.05, 3.63) is 40.4 Å². The number of benzene rings is 1. The molecule has 0 aromatic heterocycles. The van der Waals surface area contributed by atoms with Crippen LogP contribution >= 0.6 is 15.9 Å². The average Bonchev–Trinajstić information content (AvgIpc) is 2.36. The van der Waals surface area contributed by atoms with Gasteiger partial charge in [-0.15, -0.1) is 0 Å². The van der Waals surface area contributed by atoms with E-state index in [1.54, 1.807) is 6.08 Å². The van der Waals surface area contributed by atoms with Crippen molar-refractivity contribution in [3.63, 3.8) is 0 Å². The molecule has 1 rings (SSSR count). The number of hydrogen-bond acceptors (Lipinski definition) is 3. The first-order valence-corrected chi connectivity index (χ1v) is 6.41. The van der Waals surface area contributed by atoms with Crippen molar-refractivity contribution in [1.29, 1.82) is 0 Å². The fourth-order valence-corrected chi connectivity index (χ4v) is 1.87. The summed E-state index contributed by atoms with van der Waals surface area (Å²) in [4.78, 5) is 13.2. The quantitative estimate of drug-likeness (QED) is 0.778. The van der Waals surface area contributed by atoms with Crippen LogP contribution in [-0.4, -0.2) is 47.3 Å². The zero-order valence-corrected chi connectivity index (χ0v) is 11.5. The molecule has 0 spiro atoms. The van der Waals surface area contributed by atoms with Crippen molar-refractivity contribution in [1.82, 2.24) is 4.90 Å². The Balaban J connectivity index is 2.67. The Morgan fingerprint density at radius 2 is 1.94 bits per heavy atom. The van der Waals surface area contributed by atoms with Crippen LogP contribution in [-0.2, 0) is 4.79 Å². The molecule has 0 atom stereocenters. The molecular formula is C13H16BrNO3. The molecule has 98 valence electrons. The van der Waals surface area contributed by atoms with Gasteiger partial charge in [0.25, 0.3) is 0 Å². The van der Waals surface area contributed by atoms with E-state index in [1.807, 2.05) is 24.3 Å². The Morgan fingerprint density at radius 3 is 2.50 bits per heavy atom. The third-order valence-corrected chi connectivity index (χ3v) is 2.81. The maximum atomic E-state index is 11.8. The van der Waals surface area contributed by atoms with Gasteiger partial charge in [0.05, 0.1) is 13.2 Å². The zero-order chi connectivity index (χ0) is 13.4. The van der Waals surface area contributed by atoms with Crippen molar-refractivity contribution < 1.29 is 15.0 Å². The maximum Gasteiger partial charge on any atom is 0.246 e. The van der Waals surface area contributed by atoms with E-state index in [-0.39, 0.29) is 32.2 Å². The Labute approximate surface area is 115 Å². The molecule has 5 heteroatoms. The van der Waals surface area contributed by atoms with E-state index in [2.05, 4.69) is 15.9 Å². The lowest BCUT2D eigenvalue weighted by atomic mass is 10.2. The summed E-state index contributed by atoms with van der Waals surface area (Å²) in [5, 5.41) is 17.7. The first-order chi connectivity index (χ1) is 8.67. The molecule has 1 amide bonds. The fraction of sp³-hybridized carbons (Fsp3) is 0.308. The van der Waals surface area contributed by atoms with Crippen LogP contribution in [0.15, 0.2) is 34.8 Å². The molecule has 0 aliphatic heterocycles. The molecule has 18 heavy (non-hydrogen) atoms. The SMILES string of the molecule is O=C(C=Cc1cccc(Br)c1)N(CCO)CCO. The van der Waals surface area contributed by atoms with Gasteiger partial charge < -0.3 is 15.1 Å². The molecule has 0 saturated heterocycles. The molecule has 1 aromatic carbocycles. The van der Waals surface area contributed by atoms with Gasteiger partial charge in [-0.25, -0.2) is 0 Å². The monoisotopic (exact) mass is 313 g/mol. The lowest BCUT2D eigenvalue weighted by molar-refractivity contribution is -0.126. The third kappa shape index (κ3) is 5.00. The van der Waals surface area contributed by atoms with Gasteiger partial charge >= 0.3 is 0 Å². The molecule has 0 unspecified atom stereocenters. The van der Waals surface area contributed by atoms with Crippen LogP contribution in [0.3, 0.4) is 0 Å². The molecule has 0 aliphatic carbocycles. The number of nitrogens with zero attached hydrogens (tertiary/aromatic N) is 1. The van der Waals surface area contributed by atoms with Crippen LogP contribution in [0.5, 0.6) is 0 Å². The van der Waals surface area contributed by atoms with Gasteiger partial charge in [0, 0.05) is 23.6 Å². The minimum Gasteiger partial charge on any atom is -0.395 e. The first-order valence-electron chi connectivity index (χ1n) is 5.61. The molecule has 0 saturated carbocycles. The van der Waals surface area contributed by atoms with E-state index in [1.165, 1.54) is 11.0 Å². The van der Waals surface area contributed by atoms with Crippen molar-refractivity contribution in [3.8, 4) is 0 Å². The Bertz CT molecular complexity index is 414. The maximum absolute atomic E-state index is 11.8. The highest BCUT2D eigenvalue weighted by Crippen LogP contribution is 2.12. The number of rotatable bonds is 6. The van der Waals surface area contributed by atoms with Crippen molar-refractivity contribution in [2.24, 2.45) is 0 Å². The van der Waals surface area contributed by atoms with Gasteiger partial charge in [0.1, 0.15) is 0 Å². The van der Waals surface area contributed by atoms with Crippen molar-refractivity contribution >= 4 is 27.9 Å². The summed E-state index contributed by atoms with van der Waals surface area (Å²) in [6, 6.07) is 7.57. The lowest BCUT2D eigenvalue weighted by Gasteiger charge is -2.18. The Kier molecular flexibility index (Phi) is 6.64. The third-order valence-electron chi connectivity index (χ3n) is 2.32. The number of halogens is 1. The zero-order valence-electron chi connectivity index (χ0n) is 9.92. The highest BCUT2D eigenvalue weighted by Gasteiger charge is 2.08. The van der Waals surface area contributed by atoms with Crippen molar-refractivity contribution in [2.75, 3.05) is 26.3 Å². The van der Waals surface area contributed by atoms with Crippen LogP contribution in [0.2, 0.25) is 0 Å². The van der Waals surface area contributed by atoms with E-state index in [9.17, 15) is 4.79 Å². The minimum atomic E-state index is -0.224.